The van der Waals surface area contributed by atoms with Gasteiger partial charge in [0.15, 0.2) is 0 Å². The summed E-state index contributed by atoms with van der Waals surface area (Å²) in [6, 6.07) is -0.540. The van der Waals surface area contributed by atoms with Crippen molar-refractivity contribution in [2.45, 2.75) is 469 Å². The van der Waals surface area contributed by atoms with Crippen molar-refractivity contribution in [3.63, 3.8) is 0 Å². The van der Waals surface area contributed by atoms with Crippen molar-refractivity contribution in [3.8, 4) is 0 Å². The van der Waals surface area contributed by atoms with E-state index in [1.807, 2.05) is 0 Å². The van der Waals surface area contributed by atoms with Crippen molar-refractivity contribution in [3.05, 3.63) is 24.3 Å². The summed E-state index contributed by atoms with van der Waals surface area (Å²) < 4.78 is 5.50. The molecule has 0 bridgehead atoms. The Hall–Kier alpha value is -1.66. The fourth-order valence-electron chi connectivity index (χ4n) is 12.9. The molecule has 0 saturated carbocycles. The van der Waals surface area contributed by atoms with Crippen LogP contribution >= 0.6 is 0 Å². The summed E-state index contributed by atoms with van der Waals surface area (Å²) in [5, 5.41) is 23.5. The molecular formula is C81H157NO5. The van der Waals surface area contributed by atoms with E-state index in [1.165, 1.54) is 379 Å². The summed E-state index contributed by atoms with van der Waals surface area (Å²) in [5.41, 5.74) is 0. The van der Waals surface area contributed by atoms with E-state index in [9.17, 15) is 19.8 Å². The van der Waals surface area contributed by atoms with Crippen LogP contribution in [-0.2, 0) is 14.3 Å². The van der Waals surface area contributed by atoms with Crippen molar-refractivity contribution >= 4 is 11.9 Å². The maximum Gasteiger partial charge on any atom is 0.305 e. The number of nitrogens with one attached hydrogen (secondary N) is 1. The first-order chi connectivity index (χ1) is 43.0. The Labute approximate surface area is 545 Å². The highest BCUT2D eigenvalue weighted by Gasteiger charge is 2.20. The number of aliphatic hydroxyl groups excluding tert-OH is 2. The predicted molar refractivity (Wildman–Crippen MR) is 384 cm³/mol. The second-order valence-corrected chi connectivity index (χ2v) is 27.7. The molecule has 0 aliphatic carbocycles. The van der Waals surface area contributed by atoms with E-state index < -0.39 is 12.1 Å². The molecule has 6 heteroatoms. The molecule has 0 aromatic carbocycles. The maximum atomic E-state index is 12.6. The topological polar surface area (TPSA) is 95.9 Å². The highest BCUT2D eigenvalue weighted by Crippen LogP contribution is 2.20. The molecule has 0 saturated heterocycles. The number of unbranched alkanes of at least 4 members (excludes halogenated alkanes) is 61. The summed E-state index contributed by atoms with van der Waals surface area (Å²) in [7, 11) is 0. The smallest absolute Gasteiger partial charge is 0.305 e. The van der Waals surface area contributed by atoms with Gasteiger partial charge >= 0.3 is 5.97 Å². The number of esters is 1. The zero-order chi connectivity index (χ0) is 62.8. The minimum Gasteiger partial charge on any atom is -0.466 e. The molecule has 0 fully saturated rings. The average Bonchev–Trinajstić information content (AvgIpc) is 3.55. The van der Waals surface area contributed by atoms with Crippen LogP contribution in [0.15, 0.2) is 24.3 Å². The first-order valence-electron chi connectivity index (χ1n) is 40.1. The van der Waals surface area contributed by atoms with Crippen molar-refractivity contribution in [2.24, 2.45) is 0 Å². The number of carbonyl (C=O) groups excluding carboxylic acids is 2. The Morgan fingerprint density at radius 3 is 0.816 bits per heavy atom. The molecule has 0 aromatic rings. The molecule has 3 N–H and O–H groups in total. The lowest BCUT2D eigenvalue weighted by Gasteiger charge is -2.22. The largest absolute Gasteiger partial charge is 0.466 e. The normalized spacial score (nSPS) is 12.6. The van der Waals surface area contributed by atoms with Gasteiger partial charge in [-0.05, 0) is 77.0 Å². The number of aliphatic hydroxyl groups is 2. The van der Waals surface area contributed by atoms with E-state index in [-0.39, 0.29) is 18.5 Å². The van der Waals surface area contributed by atoms with Crippen LogP contribution in [-0.4, -0.2) is 47.4 Å². The molecule has 0 aliphatic heterocycles. The van der Waals surface area contributed by atoms with Gasteiger partial charge in [0.1, 0.15) is 0 Å². The van der Waals surface area contributed by atoms with E-state index in [2.05, 4.69) is 43.5 Å². The Kier molecular flexibility index (Phi) is 75.3. The van der Waals surface area contributed by atoms with E-state index in [0.29, 0.717) is 25.9 Å². The third kappa shape index (κ3) is 73.3. The van der Waals surface area contributed by atoms with Crippen molar-refractivity contribution in [1.82, 2.24) is 5.32 Å². The number of hydrogen-bond donors (Lipinski definition) is 3. The Morgan fingerprint density at radius 2 is 0.540 bits per heavy atom. The molecule has 2 unspecified atom stereocenters. The molecule has 0 rings (SSSR count). The fraction of sp³-hybridized carbons (Fsp3) is 0.926. The maximum absolute atomic E-state index is 12.6. The van der Waals surface area contributed by atoms with Gasteiger partial charge in [0.2, 0.25) is 5.91 Å². The lowest BCUT2D eigenvalue weighted by Crippen LogP contribution is -2.45. The first-order valence-corrected chi connectivity index (χ1v) is 40.1. The van der Waals surface area contributed by atoms with Crippen molar-refractivity contribution in [1.29, 1.82) is 0 Å². The van der Waals surface area contributed by atoms with Gasteiger partial charge in [0.05, 0.1) is 25.4 Å². The summed E-state index contributed by atoms with van der Waals surface area (Å²) in [5.74, 6) is -0.0142. The molecule has 0 aromatic heterocycles. The van der Waals surface area contributed by atoms with Gasteiger partial charge in [0, 0.05) is 12.8 Å². The van der Waals surface area contributed by atoms with Crippen LogP contribution in [0.25, 0.3) is 0 Å². The summed E-state index contributed by atoms with van der Waals surface area (Å²) in [4.78, 5) is 24.7. The van der Waals surface area contributed by atoms with Crippen molar-refractivity contribution in [2.75, 3.05) is 13.2 Å². The highest BCUT2D eigenvalue weighted by atomic mass is 16.5. The second kappa shape index (κ2) is 76.8. The van der Waals surface area contributed by atoms with Gasteiger partial charge in [-0.15, -0.1) is 0 Å². The standard InChI is InChI=1S/C81H157NO5/c1-3-5-7-9-11-13-15-17-19-21-22-36-39-42-45-49-53-57-61-65-69-73-79(84)78(77-83)82-80(85)74-70-66-62-58-54-50-46-43-40-37-34-32-30-28-26-24-23-25-27-29-31-33-35-38-41-44-48-52-56-60-64-68-72-76-87-81(86)75-71-67-63-59-55-51-47-20-18-16-14-12-10-8-6-4-2/h20,27,29,47,78-79,83-84H,3-19,21-26,28,30-46,48-77H2,1-2H3,(H,82,85)/b29-27-,47-20-. The predicted octanol–water partition coefficient (Wildman–Crippen LogP) is 26.4. The molecule has 0 radical (unpaired) electrons. The van der Waals surface area contributed by atoms with Crippen LogP contribution in [0.3, 0.4) is 0 Å². The molecular weight excluding hydrogens is 1070 g/mol. The molecule has 87 heavy (non-hydrogen) atoms. The molecule has 2 atom stereocenters. The van der Waals surface area contributed by atoms with Crippen LogP contribution < -0.4 is 5.32 Å². The van der Waals surface area contributed by atoms with E-state index in [4.69, 9.17) is 4.74 Å². The van der Waals surface area contributed by atoms with Gasteiger partial charge < -0.3 is 20.3 Å². The number of carbonyl (C=O) groups is 2. The van der Waals surface area contributed by atoms with Crippen LogP contribution in [0.1, 0.15) is 457 Å². The zero-order valence-electron chi connectivity index (χ0n) is 59.3. The zero-order valence-corrected chi connectivity index (χ0v) is 59.3. The van der Waals surface area contributed by atoms with E-state index in [0.717, 1.165) is 44.9 Å². The monoisotopic (exact) mass is 1220 g/mol. The van der Waals surface area contributed by atoms with Crippen LogP contribution in [0.5, 0.6) is 0 Å². The SMILES string of the molecule is CCCCCCCCC/C=C\CCCCCCCC(=O)OCCCCCCCCCCCCCC/C=C\CCCCCCCCCCCCCCCCCCCC(=O)NC(CO)C(O)CCCCCCCCCCCCCCCCCCCCCCC. The van der Waals surface area contributed by atoms with Crippen LogP contribution in [0.4, 0.5) is 0 Å². The molecule has 6 nitrogen and oxygen atoms in total. The van der Waals surface area contributed by atoms with Crippen LogP contribution in [0, 0.1) is 0 Å². The molecule has 516 valence electrons. The lowest BCUT2D eigenvalue weighted by molar-refractivity contribution is -0.143. The Morgan fingerprint density at radius 1 is 0.310 bits per heavy atom. The van der Waals surface area contributed by atoms with Gasteiger partial charge in [-0.1, -0.05) is 391 Å². The number of rotatable bonds is 76. The Bertz CT molecular complexity index is 1360. The number of hydrogen-bond acceptors (Lipinski definition) is 5. The van der Waals surface area contributed by atoms with Gasteiger partial charge in [-0.2, -0.15) is 0 Å². The minimum atomic E-state index is -0.663. The van der Waals surface area contributed by atoms with Crippen molar-refractivity contribution < 1.29 is 24.5 Å². The molecule has 0 heterocycles. The van der Waals surface area contributed by atoms with Gasteiger partial charge in [-0.25, -0.2) is 0 Å². The van der Waals surface area contributed by atoms with E-state index in [1.54, 1.807) is 0 Å². The molecule has 0 spiro atoms. The highest BCUT2D eigenvalue weighted by molar-refractivity contribution is 5.76. The lowest BCUT2D eigenvalue weighted by atomic mass is 10.0. The molecule has 1 amide bonds. The first kappa shape index (κ1) is 85.3. The Balaban J connectivity index is 3.35. The molecule has 0 aliphatic rings. The summed E-state index contributed by atoms with van der Waals surface area (Å²) in [6.45, 7) is 5.00. The number of allylic oxidation sites excluding steroid dienone is 4. The minimum absolute atomic E-state index is 0.0123. The quantitative estimate of drug-likeness (QED) is 0.0320. The third-order valence-electron chi connectivity index (χ3n) is 19.0. The van der Waals surface area contributed by atoms with Crippen LogP contribution in [0.2, 0.25) is 0 Å². The van der Waals surface area contributed by atoms with Gasteiger partial charge in [0.25, 0.3) is 0 Å². The summed E-state index contributed by atoms with van der Waals surface area (Å²) >= 11 is 0. The number of ether oxygens (including phenoxy) is 1. The fourth-order valence-corrected chi connectivity index (χ4v) is 12.9. The number of amides is 1. The summed E-state index contributed by atoms with van der Waals surface area (Å²) in [6.07, 6.45) is 98.4. The van der Waals surface area contributed by atoms with Gasteiger partial charge in [-0.3, -0.25) is 9.59 Å². The third-order valence-corrected chi connectivity index (χ3v) is 19.0. The second-order valence-electron chi connectivity index (χ2n) is 27.7. The van der Waals surface area contributed by atoms with E-state index >= 15 is 0 Å². The average molecular weight is 1230 g/mol.